The molecule has 0 aliphatic carbocycles. The average molecular weight is 983 g/mol. The molecule has 4 aliphatic heterocycles. The molecule has 0 saturated carbocycles. The van der Waals surface area contributed by atoms with Crippen LogP contribution in [0.25, 0.3) is 65.9 Å². The molecular formula is C70H64B2N4. The maximum absolute atomic E-state index is 2.78. The third kappa shape index (κ3) is 6.04. The lowest BCUT2D eigenvalue weighted by atomic mass is 9.44. The highest BCUT2D eigenvalue weighted by molar-refractivity contribution is 6.91. The molecule has 0 saturated heterocycles. The van der Waals surface area contributed by atoms with Crippen LogP contribution in [0.3, 0.4) is 0 Å². The number of fused-ring (bicyclic) bond motifs is 16. The van der Waals surface area contributed by atoms with Crippen molar-refractivity contribution in [3.05, 3.63) is 192 Å². The van der Waals surface area contributed by atoms with E-state index in [1.165, 1.54) is 144 Å². The highest BCUT2D eigenvalue weighted by Crippen LogP contribution is 2.56. The standard InChI is InChI=1S/C70H64B2N4/c1-67(2,3)41-27-33-45(34-28-41)73-55-38-32-43(69(7,8)9)39-52(55)72-64-50(22-17-25-56(64)73)62-59-47-19-13-15-23-53(47)75-65(59)61(60-48-20-14-16-24-54(48)76(72)66(60)62)49-21-18-26-57-63(49)71(75)51-37-31-44(70(10,11)12)40-58(51)74(57)46-35-29-42(30-36-46)68(4,5)6/h13-40H,1-12H3. The van der Waals surface area contributed by atoms with Gasteiger partial charge in [0.25, 0.3) is 0 Å². The molecule has 0 atom stereocenters. The Kier molecular flexibility index (Phi) is 9.04. The molecule has 0 amide bonds. The SMILES string of the molecule is CC(C)(C)c1ccc(N2c3ccc(C(C)(C)C)cc3B3c4c(cccc42)-c2c4c5ccccc5n5c4c(c4c6ccccc6n3c24)-c2cccc3c2B5c2ccc(C(C)(C)C)cc2N3c2ccc(C(C)(C)C)cc2)cc1. The predicted octanol–water partition coefficient (Wildman–Crippen LogP) is 15.9. The molecule has 0 unspecified atom stereocenters. The first kappa shape index (κ1) is 45.7. The van der Waals surface area contributed by atoms with E-state index in [2.05, 4.69) is 272 Å². The van der Waals surface area contributed by atoms with Gasteiger partial charge in [-0.25, -0.2) is 0 Å². The van der Waals surface area contributed by atoms with Gasteiger partial charge in [0.15, 0.2) is 0 Å². The van der Waals surface area contributed by atoms with Crippen molar-refractivity contribution in [2.75, 3.05) is 9.80 Å². The Balaban J connectivity index is 1.10. The van der Waals surface area contributed by atoms with Gasteiger partial charge in [-0.2, -0.15) is 0 Å². The van der Waals surface area contributed by atoms with Crippen LogP contribution in [0.4, 0.5) is 34.1 Å². The third-order valence-corrected chi connectivity index (χ3v) is 17.9. The van der Waals surface area contributed by atoms with Gasteiger partial charge in [0.05, 0.1) is 0 Å². The van der Waals surface area contributed by atoms with Crippen LogP contribution in [0.2, 0.25) is 0 Å². The van der Waals surface area contributed by atoms with Gasteiger partial charge in [0, 0.05) is 88.9 Å². The topological polar surface area (TPSA) is 16.3 Å². The van der Waals surface area contributed by atoms with Crippen molar-refractivity contribution >= 4 is 113 Å². The van der Waals surface area contributed by atoms with Crippen molar-refractivity contribution in [1.82, 2.24) is 8.96 Å². The first-order valence-corrected chi connectivity index (χ1v) is 27.7. The Bertz CT molecular complexity index is 4330. The lowest BCUT2D eigenvalue weighted by Gasteiger charge is -2.42. The Morgan fingerprint density at radius 2 is 0.737 bits per heavy atom. The van der Waals surface area contributed by atoms with Crippen molar-refractivity contribution in [2.45, 2.75) is 105 Å². The molecule has 0 fully saturated rings. The minimum absolute atomic E-state index is 0.0407. The summed E-state index contributed by atoms with van der Waals surface area (Å²) in [4.78, 5) is 5.16. The molecular weight excluding hydrogens is 918 g/mol. The maximum Gasteiger partial charge on any atom is 0.333 e. The number of rotatable bonds is 2. The minimum Gasteiger partial charge on any atom is -0.375 e. The van der Waals surface area contributed by atoms with Gasteiger partial charge in [-0.15, -0.1) is 0 Å². The fourth-order valence-corrected chi connectivity index (χ4v) is 14.1. The summed E-state index contributed by atoms with van der Waals surface area (Å²) in [5.74, 6) is 0. The maximum atomic E-state index is 2.78. The highest BCUT2D eigenvalue weighted by atomic mass is 15.2. The molecule has 6 heterocycles. The summed E-state index contributed by atoms with van der Waals surface area (Å²) in [7, 11) is 0. The monoisotopic (exact) mass is 983 g/mol. The summed E-state index contributed by atoms with van der Waals surface area (Å²) < 4.78 is 5.56. The van der Waals surface area contributed by atoms with Gasteiger partial charge in [0.1, 0.15) is 0 Å². The zero-order valence-corrected chi connectivity index (χ0v) is 46.1. The number of nitrogens with zero attached hydrogens (tertiary/aromatic N) is 4. The van der Waals surface area contributed by atoms with Crippen LogP contribution in [0.5, 0.6) is 0 Å². The van der Waals surface area contributed by atoms with Crippen LogP contribution < -0.4 is 31.7 Å². The molecule has 0 radical (unpaired) electrons. The van der Waals surface area contributed by atoms with E-state index in [-0.39, 0.29) is 35.4 Å². The molecule has 370 valence electrons. The number of aromatic nitrogens is 2. The van der Waals surface area contributed by atoms with E-state index in [1.807, 2.05) is 0 Å². The lowest BCUT2D eigenvalue weighted by Crippen LogP contribution is -2.57. The second kappa shape index (κ2) is 15.0. The summed E-state index contributed by atoms with van der Waals surface area (Å²) in [5.41, 5.74) is 28.6. The second-order valence-corrected chi connectivity index (χ2v) is 26.6. The average Bonchev–Trinajstić information content (AvgIpc) is 4.11. The number of hydrogen-bond donors (Lipinski definition) is 0. The van der Waals surface area contributed by atoms with Gasteiger partial charge in [-0.1, -0.05) is 192 Å². The fourth-order valence-electron chi connectivity index (χ4n) is 14.1. The quantitative estimate of drug-likeness (QED) is 0.161. The second-order valence-electron chi connectivity index (χ2n) is 26.6. The highest BCUT2D eigenvalue weighted by Gasteiger charge is 2.48. The van der Waals surface area contributed by atoms with E-state index in [1.54, 1.807) is 0 Å². The van der Waals surface area contributed by atoms with Crippen LogP contribution in [0.15, 0.2) is 170 Å². The molecule has 2 aromatic heterocycles. The van der Waals surface area contributed by atoms with Crippen molar-refractivity contribution in [3.8, 4) is 22.3 Å². The Hall–Kier alpha value is -7.69. The summed E-state index contributed by atoms with van der Waals surface area (Å²) in [6.07, 6.45) is 0. The summed E-state index contributed by atoms with van der Waals surface area (Å²) >= 11 is 0. The van der Waals surface area contributed by atoms with E-state index in [0.717, 1.165) is 0 Å². The molecule has 11 aromatic rings. The largest absolute Gasteiger partial charge is 0.375 e. The van der Waals surface area contributed by atoms with Crippen molar-refractivity contribution in [1.29, 1.82) is 0 Å². The molecule has 0 bridgehead atoms. The zero-order chi connectivity index (χ0) is 52.3. The predicted molar refractivity (Wildman–Crippen MR) is 328 cm³/mol. The number of para-hydroxylation sites is 2. The molecule has 6 heteroatoms. The zero-order valence-electron chi connectivity index (χ0n) is 46.1. The number of anilines is 6. The van der Waals surface area contributed by atoms with Crippen LogP contribution in [-0.4, -0.2) is 22.7 Å². The van der Waals surface area contributed by atoms with Gasteiger partial charge < -0.3 is 18.8 Å². The molecule has 4 aliphatic rings. The van der Waals surface area contributed by atoms with Crippen molar-refractivity contribution in [2.24, 2.45) is 0 Å². The van der Waals surface area contributed by atoms with E-state index in [0.29, 0.717) is 0 Å². The first-order valence-electron chi connectivity index (χ1n) is 27.7. The van der Waals surface area contributed by atoms with Gasteiger partial charge in [-0.3, -0.25) is 0 Å². The number of hydrogen-bond acceptors (Lipinski definition) is 2. The minimum atomic E-state index is -0.0713. The summed E-state index contributed by atoms with van der Waals surface area (Å²) in [5, 5.41) is 5.28. The van der Waals surface area contributed by atoms with E-state index < -0.39 is 0 Å². The first-order chi connectivity index (χ1) is 36.3. The molecule has 0 spiro atoms. The van der Waals surface area contributed by atoms with Crippen LogP contribution >= 0.6 is 0 Å². The normalized spacial score (nSPS) is 14.5. The molecule has 15 rings (SSSR count). The van der Waals surface area contributed by atoms with Crippen molar-refractivity contribution < 1.29 is 0 Å². The summed E-state index contributed by atoms with van der Waals surface area (Å²) in [6.45, 7) is 27.8. The van der Waals surface area contributed by atoms with Gasteiger partial charge >= 0.3 is 13.7 Å². The molecule has 4 nitrogen and oxygen atoms in total. The van der Waals surface area contributed by atoms with Crippen molar-refractivity contribution in [3.63, 3.8) is 0 Å². The Labute approximate surface area is 448 Å². The van der Waals surface area contributed by atoms with E-state index >= 15 is 0 Å². The Morgan fingerprint density at radius 3 is 1.21 bits per heavy atom. The molecule has 76 heavy (non-hydrogen) atoms. The van der Waals surface area contributed by atoms with Crippen LogP contribution in [-0.2, 0) is 21.7 Å². The molecule has 0 N–H and O–H groups in total. The lowest BCUT2D eigenvalue weighted by molar-refractivity contribution is 0.590. The van der Waals surface area contributed by atoms with E-state index in [4.69, 9.17) is 0 Å². The van der Waals surface area contributed by atoms with Crippen LogP contribution in [0.1, 0.15) is 105 Å². The van der Waals surface area contributed by atoms with Gasteiger partial charge in [-0.05, 0) is 138 Å². The van der Waals surface area contributed by atoms with Gasteiger partial charge in [0.2, 0.25) is 0 Å². The smallest absolute Gasteiger partial charge is 0.333 e. The molecule has 9 aromatic carbocycles. The van der Waals surface area contributed by atoms with E-state index in [9.17, 15) is 0 Å². The summed E-state index contributed by atoms with van der Waals surface area (Å²) in [6, 6.07) is 66.6. The third-order valence-electron chi connectivity index (χ3n) is 17.9. The van der Waals surface area contributed by atoms with Crippen LogP contribution in [0, 0.1) is 0 Å². The Morgan fingerprint density at radius 1 is 0.329 bits per heavy atom. The number of benzene rings is 9. The fraction of sp³-hybridized carbons (Fsp3) is 0.229.